The van der Waals surface area contributed by atoms with E-state index in [0.29, 0.717) is 0 Å². The first kappa shape index (κ1) is 15.6. The summed E-state index contributed by atoms with van der Waals surface area (Å²) < 4.78 is 6.09. The van der Waals surface area contributed by atoms with Gasteiger partial charge in [-0.25, -0.2) is 0 Å². The molecule has 0 saturated carbocycles. The predicted molar refractivity (Wildman–Crippen MR) is 86.2 cm³/mol. The van der Waals surface area contributed by atoms with Crippen LogP contribution in [0.25, 0.3) is 10.6 Å². The maximum Gasteiger partial charge on any atom is 0.148 e. The van der Waals surface area contributed by atoms with Crippen molar-refractivity contribution in [2.45, 2.75) is 13.3 Å². The van der Waals surface area contributed by atoms with E-state index in [1.807, 2.05) is 12.1 Å². The Morgan fingerprint density at radius 3 is 2.95 bits per heavy atom. The molecule has 0 aliphatic rings. The van der Waals surface area contributed by atoms with Crippen LogP contribution in [0.4, 0.5) is 0 Å². The van der Waals surface area contributed by atoms with Gasteiger partial charge in [0, 0.05) is 36.7 Å². The number of hydrogen-bond acceptors (Lipinski definition) is 5. The highest BCUT2D eigenvalue weighted by atomic mass is 79.9. The van der Waals surface area contributed by atoms with Crippen LogP contribution in [0.2, 0.25) is 0 Å². The van der Waals surface area contributed by atoms with Crippen molar-refractivity contribution in [1.29, 1.82) is 0 Å². The van der Waals surface area contributed by atoms with Crippen molar-refractivity contribution in [3.8, 4) is 10.6 Å². The van der Waals surface area contributed by atoms with E-state index >= 15 is 0 Å². The zero-order valence-corrected chi connectivity index (χ0v) is 14.1. The lowest BCUT2D eigenvalue weighted by molar-refractivity contribution is 0.199. The first-order chi connectivity index (χ1) is 9.72. The molecule has 0 fully saturated rings. The minimum atomic E-state index is 0.735. The van der Waals surface area contributed by atoms with Crippen molar-refractivity contribution >= 4 is 27.3 Å². The lowest BCUT2D eigenvalue weighted by atomic mass is 10.1. The Hall–Kier alpha value is -0.820. The second kappa shape index (κ2) is 7.83. The molecule has 0 saturated heterocycles. The van der Waals surface area contributed by atoms with Crippen LogP contribution >= 0.6 is 27.3 Å². The minimum absolute atomic E-state index is 0.735. The summed E-state index contributed by atoms with van der Waals surface area (Å²) in [4.78, 5) is 0. The van der Waals surface area contributed by atoms with Gasteiger partial charge >= 0.3 is 0 Å². The van der Waals surface area contributed by atoms with Crippen molar-refractivity contribution in [3.63, 3.8) is 0 Å². The summed E-state index contributed by atoms with van der Waals surface area (Å²) in [6, 6.07) is 6.15. The Kier molecular flexibility index (Phi) is 6.09. The van der Waals surface area contributed by atoms with Gasteiger partial charge in [0.05, 0.1) is 6.61 Å². The summed E-state index contributed by atoms with van der Waals surface area (Å²) in [7, 11) is 1.71. The monoisotopic (exact) mass is 355 g/mol. The van der Waals surface area contributed by atoms with Gasteiger partial charge in [-0.1, -0.05) is 39.4 Å². The number of aromatic nitrogens is 2. The van der Waals surface area contributed by atoms with E-state index in [4.69, 9.17) is 4.74 Å². The SMILES string of the molecule is COCCNCCc1nnc(-c2cccc(Br)c2C)s1. The Balaban J connectivity index is 1.97. The second-order valence-electron chi connectivity index (χ2n) is 4.41. The molecule has 2 aromatic rings. The third-order valence-electron chi connectivity index (χ3n) is 2.96. The number of halogens is 1. The van der Waals surface area contributed by atoms with Crippen LogP contribution in [0.5, 0.6) is 0 Å². The molecule has 0 aliphatic carbocycles. The summed E-state index contributed by atoms with van der Waals surface area (Å²) in [6.45, 7) is 4.59. The standard InChI is InChI=1S/C14H18BrN3OS/c1-10-11(4-3-5-12(10)15)14-18-17-13(20-14)6-7-16-8-9-19-2/h3-5,16H,6-9H2,1-2H3. The molecule has 0 bridgehead atoms. The van der Waals surface area contributed by atoms with Gasteiger partial charge in [-0.3, -0.25) is 0 Å². The van der Waals surface area contributed by atoms with Gasteiger partial charge in [-0.2, -0.15) is 0 Å². The van der Waals surface area contributed by atoms with Crippen molar-refractivity contribution in [2.24, 2.45) is 0 Å². The largest absolute Gasteiger partial charge is 0.383 e. The molecule has 108 valence electrons. The first-order valence-corrected chi connectivity index (χ1v) is 8.11. The smallest absolute Gasteiger partial charge is 0.148 e. The molecule has 20 heavy (non-hydrogen) atoms. The van der Waals surface area contributed by atoms with E-state index in [2.05, 4.69) is 44.4 Å². The number of nitrogens with one attached hydrogen (secondary N) is 1. The maximum atomic E-state index is 4.99. The average Bonchev–Trinajstić information content (AvgIpc) is 2.90. The Labute approximate surface area is 131 Å². The molecule has 4 nitrogen and oxygen atoms in total. The van der Waals surface area contributed by atoms with Crippen molar-refractivity contribution in [2.75, 3.05) is 26.8 Å². The van der Waals surface area contributed by atoms with Gasteiger partial charge in [0.1, 0.15) is 10.0 Å². The molecule has 0 atom stereocenters. The van der Waals surface area contributed by atoms with Crippen LogP contribution in [0.15, 0.2) is 22.7 Å². The van der Waals surface area contributed by atoms with E-state index < -0.39 is 0 Å². The maximum absolute atomic E-state index is 4.99. The van der Waals surface area contributed by atoms with Gasteiger partial charge in [0.25, 0.3) is 0 Å². The lowest BCUT2D eigenvalue weighted by Crippen LogP contribution is -2.21. The number of benzene rings is 1. The zero-order chi connectivity index (χ0) is 14.4. The molecule has 2 rings (SSSR count). The van der Waals surface area contributed by atoms with Crippen molar-refractivity contribution in [1.82, 2.24) is 15.5 Å². The topological polar surface area (TPSA) is 47.0 Å². The summed E-state index contributed by atoms with van der Waals surface area (Å²) in [5.74, 6) is 0. The summed E-state index contributed by atoms with van der Waals surface area (Å²) in [5.41, 5.74) is 2.35. The third kappa shape index (κ3) is 4.09. The van der Waals surface area contributed by atoms with Gasteiger partial charge in [0.2, 0.25) is 0 Å². The fraction of sp³-hybridized carbons (Fsp3) is 0.429. The highest BCUT2D eigenvalue weighted by molar-refractivity contribution is 9.10. The fourth-order valence-electron chi connectivity index (χ4n) is 1.80. The normalized spacial score (nSPS) is 10.9. The lowest BCUT2D eigenvalue weighted by Gasteiger charge is -2.03. The average molecular weight is 356 g/mol. The Morgan fingerprint density at radius 2 is 2.15 bits per heavy atom. The Bertz CT molecular complexity index is 559. The van der Waals surface area contributed by atoms with Crippen LogP contribution in [0.3, 0.4) is 0 Å². The first-order valence-electron chi connectivity index (χ1n) is 6.50. The quantitative estimate of drug-likeness (QED) is 0.775. The van der Waals surface area contributed by atoms with E-state index in [9.17, 15) is 0 Å². The molecule has 0 spiro atoms. The highest BCUT2D eigenvalue weighted by Crippen LogP contribution is 2.30. The van der Waals surface area contributed by atoms with Gasteiger partial charge in [-0.15, -0.1) is 10.2 Å². The third-order valence-corrected chi connectivity index (χ3v) is 4.84. The number of nitrogens with zero attached hydrogens (tertiary/aromatic N) is 2. The fourth-order valence-corrected chi connectivity index (χ4v) is 3.09. The minimum Gasteiger partial charge on any atom is -0.383 e. The molecular weight excluding hydrogens is 338 g/mol. The summed E-state index contributed by atoms with van der Waals surface area (Å²) in [5, 5.41) is 13.9. The molecule has 1 aromatic carbocycles. The number of rotatable bonds is 7. The van der Waals surface area contributed by atoms with Gasteiger partial charge < -0.3 is 10.1 Å². The van der Waals surface area contributed by atoms with Crippen LogP contribution in [-0.2, 0) is 11.2 Å². The number of hydrogen-bond donors (Lipinski definition) is 1. The Morgan fingerprint density at radius 1 is 1.30 bits per heavy atom. The summed E-state index contributed by atoms with van der Waals surface area (Å²) in [6.07, 6.45) is 0.897. The molecule has 1 heterocycles. The van der Waals surface area contributed by atoms with E-state index in [0.717, 1.165) is 46.2 Å². The van der Waals surface area contributed by atoms with Crippen LogP contribution in [0.1, 0.15) is 10.6 Å². The van der Waals surface area contributed by atoms with Crippen molar-refractivity contribution < 1.29 is 4.74 Å². The molecule has 0 unspecified atom stereocenters. The van der Waals surface area contributed by atoms with Gasteiger partial charge in [0.15, 0.2) is 0 Å². The molecular formula is C14H18BrN3OS. The highest BCUT2D eigenvalue weighted by Gasteiger charge is 2.10. The predicted octanol–water partition coefficient (Wildman–Crippen LogP) is 3.05. The van der Waals surface area contributed by atoms with Crippen LogP contribution in [0, 0.1) is 6.92 Å². The molecule has 1 aromatic heterocycles. The van der Waals surface area contributed by atoms with Crippen molar-refractivity contribution in [3.05, 3.63) is 33.2 Å². The number of ether oxygens (including phenoxy) is 1. The van der Waals surface area contributed by atoms with Crippen LogP contribution < -0.4 is 5.32 Å². The van der Waals surface area contributed by atoms with Crippen LogP contribution in [-0.4, -0.2) is 37.0 Å². The molecule has 6 heteroatoms. The van der Waals surface area contributed by atoms with E-state index in [-0.39, 0.29) is 0 Å². The van der Waals surface area contributed by atoms with E-state index in [1.54, 1.807) is 18.4 Å². The summed E-state index contributed by atoms with van der Waals surface area (Å²) >= 11 is 5.21. The van der Waals surface area contributed by atoms with Gasteiger partial charge in [-0.05, 0) is 18.6 Å². The molecule has 0 amide bonds. The second-order valence-corrected chi connectivity index (χ2v) is 6.32. The molecule has 0 radical (unpaired) electrons. The number of methoxy groups -OCH3 is 1. The van der Waals surface area contributed by atoms with E-state index in [1.165, 1.54) is 5.56 Å². The molecule has 0 aliphatic heterocycles. The molecule has 1 N–H and O–H groups in total. The zero-order valence-electron chi connectivity index (χ0n) is 11.6.